The number of benzene rings is 2. The highest BCUT2D eigenvalue weighted by Crippen LogP contribution is 2.32. The molecule has 180 valence electrons. The number of fused-ring (bicyclic) bond motifs is 2. The van der Waals surface area contributed by atoms with Crippen LogP contribution in [0.2, 0.25) is 0 Å². The lowest BCUT2D eigenvalue weighted by Gasteiger charge is -2.24. The van der Waals surface area contributed by atoms with Gasteiger partial charge in [-0.3, -0.25) is 9.69 Å². The van der Waals surface area contributed by atoms with E-state index in [4.69, 9.17) is 9.72 Å². The Balaban J connectivity index is 1.26. The standard InChI is InChI=1S/C28H29N3O3S/c1-28(2,3)34-27(33)30-16-21-10-9-20(15-22(21)17-30)26(32)31-14-13-23-24(31)11-12-25(29-23)35-18-19-7-5-4-6-8-19/h4-12,15H,13-14,16-18H2,1-3H3. The topological polar surface area (TPSA) is 62.7 Å². The van der Waals surface area contributed by atoms with Crippen LogP contribution >= 0.6 is 11.8 Å². The fraction of sp³-hybridized carbons (Fsp3) is 0.321. The van der Waals surface area contributed by atoms with E-state index in [1.165, 1.54) is 5.56 Å². The van der Waals surface area contributed by atoms with Crippen LogP contribution in [0.25, 0.3) is 0 Å². The summed E-state index contributed by atoms with van der Waals surface area (Å²) in [6.07, 6.45) is 0.417. The predicted molar refractivity (Wildman–Crippen MR) is 138 cm³/mol. The number of thioether (sulfide) groups is 1. The zero-order valence-electron chi connectivity index (χ0n) is 20.3. The lowest BCUT2D eigenvalue weighted by molar-refractivity contribution is 0.0242. The third-order valence-electron chi connectivity index (χ3n) is 6.09. The van der Waals surface area contributed by atoms with Crippen LogP contribution in [0.3, 0.4) is 0 Å². The van der Waals surface area contributed by atoms with Crippen molar-refractivity contribution in [1.29, 1.82) is 0 Å². The first-order chi connectivity index (χ1) is 16.8. The molecule has 5 rings (SSSR count). The second-order valence-corrected chi connectivity index (χ2v) is 10.9. The molecule has 0 N–H and O–H groups in total. The number of carbonyl (C=O) groups is 2. The van der Waals surface area contributed by atoms with Gasteiger partial charge in [-0.25, -0.2) is 9.78 Å². The maximum Gasteiger partial charge on any atom is 0.410 e. The van der Waals surface area contributed by atoms with Crippen molar-refractivity contribution in [3.8, 4) is 0 Å². The molecule has 0 unspecified atom stereocenters. The van der Waals surface area contributed by atoms with E-state index in [9.17, 15) is 9.59 Å². The summed E-state index contributed by atoms with van der Waals surface area (Å²) in [7, 11) is 0. The van der Waals surface area contributed by atoms with Gasteiger partial charge in [0.05, 0.1) is 16.4 Å². The highest BCUT2D eigenvalue weighted by Gasteiger charge is 2.30. The largest absolute Gasteiger partial charge is 0.444 e. The molecule has 1 aromatic heterocycles. The molecule has 0 saturated heterocycles. The summed E-state index contributed by atoms with van der Waals surface area (Å²) in [6.45, 7) is 7.15. The molecule has 3 heterocycles. The van der Waals surface area contributed by atoms with Gasteiger partial charge in [0.2, 0.25) is 0 Å². The summed E-state index contributed by atoms with van der Waals surface area (Å²) in [6, 6.07) is 20.1. The molecule has 0 aliphatic carbocycles. The smallest absolute Gasteiger partial charge is 0.410 e. The first-order valence-corrected chi connectivity index (χ1v) is 12.8. The summed E-state index contributed by atoms with van der Waals surface area (Å²) in [5, 5.41) is 0.974. The first kappa shape index (κ1) is 23.4. The highest BCUT2D eigenvalue weighted by molar-refractivity contribution is 7.98. The molecule has 0 atom stereocenters. The molecule has 2 aliphatic rings. The average Bonchev–Trinajstić information content (AvgIpc) is 3.45. The van der Waals surface area contributed by atoms with Gasteiger partial charge in [0.15, 0.2) is 0 Å². The van der Waals surface area contributed by atoms with Crippen molar-refractivity contribution in [2.45, 2.75) is 56.7 Å². The summed E-state index contributed by atoms with van der Waals surface area (Å²) in [5.41, 5.74) is 5.25. The molecule has 2 aliphatic heterocycles. The van der Waals surface area contributed by atoms with Crippen molar-refractivity contribution in [3.05, 3.63) is 88.6 Å². The number of nitrogens with zero attached hydrogens (tertiary/aromatic N) is 3. The van der Waals surface area contributed by atoms with Crippen LogP contribution in [-0.2, 0) is 30.0 Å². The maximum atomic E-state index is 13.4. The van der Waals surface area contributed by atoms with Crippen LogP contribution in [0, 0.1) is 0 Å². The van der Waals surface area contributed by atoms with E-state index in [0.29, 0.717) is 25.2 Å². The fourth-order valence-electron chi connectivity index (χ4n) is 4.40. The second-order valence-electron chi connectivity index (χ2n) is 9.92. The summed E-state index contributed by atoms with van der Waals surface area (Å²) < 4.78 is 5.51. The Morgan fingerprint density at radius 2 is 1.77 bits per heavy atom. The minimum Gasteiger partial charge on any atom is -0.444 e. The van der Waals surface area contributed by atoms with Gasteiger partial charge in [-0.2, -0.15) is 0 Å². The van der Waals surface area contributed by atoms with Gasteiger partial charge >= 0.3 is 6.09 Å². The Hall–Kier alpha value is -3.32. The highest BCUT2D eigenvalue weighted by atomic mass is 32.2. The van der Waals surface area contributed by atoms with E-state index in [-0.39, 0.29) is 12.0 Å². The molecule has 0 bridgehead atoms. The normalized spacial score (nSPS) is 14.6. The van der Waals surface area contributed by atoms with Gasteiger partial charge in [0, 0.05) is 37.4 Å². The minimum atomic E-state index is -0.538. The molecule has 0 radical (unpaired) electrons. The van der Waals surface area contributed by atoms with Crippen LogP contribution in [0.4, 0.5) is 10.5 Å². The maximum absolute atomic E-state index is 13.4. The Morgan fingerprint density at radius 3 is 2.54 bits per heavy atom. The van der Waals surface area contributed by atoms with E-state index in [0.717, 1.165) is 39.7 Å². The summed E-state index contributed by atoms with van der Waals surface area (Å²) >= 11 is 1.71. The van der Waals surface area contributed by atoms with Crippen LogP contribution in [0.1, 0.15) is 53.5 Å². The van der Waals surface area contributed by atoms with E-state index >= 15 is 0 Å². The minimum absolute atomic E-state index is 0.0336. The monoisotopic (exact) mass is 487 g/mol. The zero-order chi connectivity index (χ0) is 24.6. The molecular weight excluding hydrogens is 458 g/mol. The molecular formula is C28H29N3O3S. The second kappa shape index (κ2) is 9.38. The third kappa shape index (κ3) is 5.20. The van der Waals surface area contributed by atoms with Gasteiger partial charge in [0.25, 0.3) is 5.91 Å². The van der Waals surface area contributed by atoms with Crippen LogP contribution < -0.4 is 4.90 Å². The van der Waals surface area contributed by atoms with E-state index < -0.39 is 5.60 Å². The quantitative estimate of drug-likeness (QED) is 0.434. The van der Waals surface area contributed by atoms with Crippen molar-refractivity contribution in [1.82, 2.24) is 9.88 Å². The van der Waals surface area contributed by atoms with E-state index in [1.807, 2.05) is 74.2 Å². The Bertz CT molecular complexity index is 1270. The molecule has 0 fully saturated rings. The number of aromatic nitrogens is 1. The van der Waals surface area contributed by atoms with Crippen LogP contribution in [-0.4, -0.2) is 34.0 Å². The van der Waals surface area contributed by atoms with Crippen molar-refractivity contribution in [2.24, 2.45) is 0 Å². The van der Waals surface area contributed by atoms with Gasteiger partial charge in [-0.1, -0.05) is 36.4 Å². The van der Waals surface area contributed by atoms with Crippen LogP contribution in [0.5, 0.6) is 0 Å². The zero-order valence-corrected chi connectivity index (χ0v) is 21.1. The number of pyridine rings is 1. The molecule has 0 saturated carbocycles. The average molecular weight is 488 g/mol. The lowest BCUT2D eigenvalue weighted by atomic mass is 10.1. The van der Waals surface area contributed by atoms with E-state index in [1.54, 1.807) is 16.7 Å². The molecule has 3 aromatic rings. The molecule has 7 heteroatoms. The number of amides is 2. The van der Waals surface area contributed by atoms with E-state index in [2.05, 4.69) is 12.1 Å². The molecule has 2 amide bonds. The van der Waals surface area contributed by atoms with Gasteiger partial charge in [-0.15, -0.1) is 11.8 Å². The van der Waals surface area contributed by atoms with Crippen molar-refractivity contribution in [2.75, 3.05) is 11.4 Å². The number of carbonyl (C=O) groups excluding carboxylic acids is 2. The Morgan fingerprint density at radius 1 is 1.00 bits per heavy atom. The predicted octanol–water partition coefficient (Wildman–Crippen LogP) is 5.83. The number of anilines is 1. The molecule has 35 heavy (non-hydrogen) atoms. The molecule has 6 nitrogen and oxygen atoms in total. The van der Waals surface area contributed by atoms with Gasteiger partial charge in [0.1, 0.15) is 5.60 Å². The SMILES string of the molecule is CC(C)(C)OC(=O)N1Cc2ccc(C(=O)N3CCc4nc(SCc5ccccc5)ccc43)cc2C1. The Labute approximate surface area is 210 Å². The number of rotatable bonds is 4. The van der Waals surface area contributed by atoms with Crippen molar-refractivity contribution in [3.63, 3.8) is 0 Å². The number of ether oxygens (including phenoxy) is 1. The molecule has 0 spiro atoms. The number of hydrogen-bond donors (Lipinski definition) is 0. The fourth-order valence-corrected chi connectivity index (χ4v) is 5.25. The Kier molecular flexibility index (Phi) is 6.28. The third-order valence-corrected chi connectivity index (χ3v) is 7.09. The first-order valence-electron chi connectivity index (χ1n) is 11.8. The van der Waals surface area contributed by atoms with Gasteiger partial charge in [-0.05, 0) is 61.7 Å². The molecule has 2 aromatic carbocycles. The summed E-state index contributed by atoms with van der Waals surface area (Å²) in [4.78, 5) is 34.2. The van der Waals surface area contributed by atoms with Crippen LogP contribution in [0.15, 0.2) is 65.7 Å². The van der Waals surface area contributed by atoms with Crippen molar-refractivity contribution < 1.29 is 14.3 Å². The lowest BCUT2D eigenvalue weighted by Crippen LogP contribution is -2.33. The van der Waals surface area contributed by atoms with Crippen molar-refractivity contribution >= 4 is 29.4 Å². The van der Waals surface area contributed by atoms with Gasteiger partial charge < -0.3 is 9.64 Å². The number of hydrogen-bond acceptors (Lipinski definition) is 5. The summed E-state index contributed by atoms with van der Waals surface area (Å²) in [5.74, 6) is 0.832.